The lowest BCUT2D eigenvalue weighted by atomic mass is 9.98. The first-order valence-electron chi connectivity index (χ1n) is 7.69. The molecule has 1 aliphatic heterocycles. The van der Waals surface area contributed by atoms with Crippen molar-refractivity contribution in [1.82, 2.24) is 21.1 Å². The Morgan fingerprint density at radius 3 is 2.76 bits per heavy atom. The minimum absolute atomic E-state index is 0.0383. The van der Waals surface area contributed by atoms with E-state index in [0.717, 1.165) is 4.90 Å². The molecule has 1 aromatic carbocycles. The van der Waals surface area contributed by atoms with E-state index in [4.69, 9.17) is 17.0 Å². The molecule has 134 valence electrons. The average Bonchev–Trinajstić information content (AvgIpc) is 2.57. The number of hydrazine groups is 1. The lowest BCUT2D eigenvalue weighted by Crippen LogP contribution is -2.54. The number of amides is 3. The van der Waals surface area contributed by atoms with Gasteiger partial charge in [0, 0.05) is 18.7 Å². The van der Waals surface area contributed by atoms with Crippen molar-refractivity contribution in [2.45, 2.75) is 19.4 Å². The maximum absolute atomic E-state index is 12.4. The molecule has 0 spiro atoms. The zero-order chi connectivity index (χ0) is 18.4. The number of nitrogens with one attached hydrogen (secondary N) is 3. The van der Waals surface area contributed by atoms with Crippen LogP contribution in [0.15, 0.2) is 24.3 Å². The van der Waals surface area contributed by atoms with E-state index < -0.39 is 17.7 Å². The zero-order valence-corrected chi connectivity index (χ0v) is 14.8. The second-order valence-corrected chi connectivity index (χ2v) is 6.03. The fourth-order valence-electron chi connectivity index (χ4n) is 2.42. The Kier molecular flexibility index (Phi) is 6.43. The summed E-state index contributed by atoms with van der Waals surface area (Å²) in [4.78, 5) is 37.4. The molecule has 0 fully saturated rings. The third kappa shape index (κ3) is 4.97. The van der Waals surface area contributed by atoms with Crippen LogP contribution in [0.1, 0.15) is 22.8 Å². The second-order valence-electron chi connectivity index (χ2n) is 5.62. The molecule has 0 saturated carbocycles. The van der Waals surface area contributed by atoms with Gasteiger partial charge in [0.15, 0.2) is 5.11 Å². The quantitative estimate of drug-likeness (QED) is 0.376. The molecule has 0 aliphatic carbocycles. The summed E-state index contributed by atoms with van der Waals surface area (Å²) in [7, 11) is 1.57. The van der Waals surface area contributed by atoms with Crippen molar-refractivity contribution in [2.24, 2.45) is 0 Å². The Balaban J connectivity index is 1.87. The first kappa shape index (κ1) is 18.8. The van der Waals surface area contributed by atoms with Crippen LogP contribution in [0.5, 0.6) is 0 Å². The Labute approximate surface area is 150 Å². The fraction of sp³-hybridized carbons (Fsp3) is 0.375. The van der Waals surface area contributed by atoms with Crippen LogP contribution in [0, 0.1) is 0 Å². The van der Waals surface area contributed by atoms with Gasteiger partial charge in [-0.1, -0.05) is 18.2 Å². The largest absolute Gasteiger partial charge is 0.383 e. The molecule has 8 nitrogen and oxygen atoms in total. The molecule has 2 rings (SSSR count). The molecule has 9 heteroatoms. The predicted octanol–water partition coefficient (Wildman–Crippen LogP) is -0.258. The maximum atomic E-state index is 12.4. The number of nitrogens with zero attached hydrogens (tertiary/aromatic N) is 1. The maximum Gasteiger partial charge on any atom is 0.261 e. The number of imide groups is 1. The number of hydrogen-bond acceptors (Lipinski definition) is 5. The third-order valence-corrected chi connectivity index (χ3v) is 3.77. The first-order chi connectivity index (χ1) is 11.9. The fourth-order valence-corrected chi connectivity index (χ4v) is 2.67. The molecule has 3 amide bonds. The Bertz CT molecular complexity index is 694. The van der Waals surface area contributed by atoms with Gasteiger partial charge in [0.25, 0.3) is 11.8 Å². The van der Waals surface area contributed by atoms with E-state index in [2.05, 4.69) is 16.2 Å². The highest BCUT2D eigenvalue weighted by molar-refractivity contribution is 7.80. The number of rotatable bonds is 5. The van der Waals surface area contributed by atoms with E-state index in [1.54, 1.807) is 31.4 Å². The van der Waals surface area contributed by atoms with Gasteiger partial charge in [0.1, 0.15) is 6.54 Å². The SMILES string of the molecule is COC[C@H](C)NC(=S)NNC(=O)CN1C(=O)Cc2ccccc2C1=O. The van der Waals surface area contributed by atoms with Crippen LogP contribution in [0.3, 0.4) is 0 Å². The minimum atomic E-state index is -0.551. The molecule has 0 unspecified atom stereocenters. The highest BCUT2D eigenvalue weighted by atomic mass is 32.1. The summed E-state index contributed by atoms with van der Waals surface area (Å²) < 4.78 is 4.96. The van der Waals surface area contributed by atoms with Crippen LogP contribution in [0.4, 0.5) is 0 Å². The van der Waals surface area contributed by atoms with E-state index in [1.165, 1.54) is 0 Å². The van der Waals surface area contributed by atoms with E-state index >= 15 is 0 Å². The number of carbonyl (C=O) groups excluding carboxylic acids is 3. The number of fused-ring (bicyclic) bond motifs is 1. The molecular weight excluding hydrogens is 344 g/mol. The van der Waals surface area contributed by atoms with Gasteiger partial charge in [0.05, 0.1) is 13.0 Å². The third-order valence-electron chi connectivity index (χ3n) is 3.55. The lowest BCUT2D eigenvalue weighted by molar-refractivity contribution is -0.133. The predicted molar refractivity (Wildman–Crippen MR) is 94.5 cm³/mol. The number of hydrogen-bond donors (Lipinski definition) is 3. The summed E-state index contributed by atoms with van der Waals surface area (Å²) in [6.07, 6.45) is 0.0944. The summed E-state index contributed by atoms with van der Waals surface area (Å²) >= 11 is 5.03. The molecule has 1 heterocycles. The van der Waals surface area contributed by atoms with Crippen LogP contribution >= 0.6 is 12.2 Å². The monoisotopic (exact) mass is 364 g/mol. The molecule has 1 aromatic rings. The Hall–Kier alpha value is -2.52. The summed E-state index contributed by atoms with van der Waals surface area (Å²) in [6, 6.07) is 6.82. The smallest absolute Gasteiger partial charge is 0.261 e. The second kappa shape index (κ2) is 8.54. The van der Waals surface area contributed by atoms with E-state index in [9.17, 15) is 14.4 Å². The average molecular weight is 364 g/mol. The lowest BCUT2D eigenvalue weighted by Gasteiger charge is -2.26. The highest BCUT2D eigenvalue weighted by Crippen LogP contribution is 2.19. The molecule has 0 bridgehead atoms. The Morgan fingerprint density at radius 2 is 2.04 bits per heavy atom. The number of carbonyl (C=O) groups is 3. The highest BCUT2D eigenvalue weighted by Gasteiger charge is 2.31. The van der Waals surface area contributed by atoms with Gasteiger partial charge in [0.2, 0.25) is 5.91 Å². The van der Waals surface area contributed by atoms with Crippen molar-refractivity contribution in [2.75, 3.05) is 20.3 Å². The number of methoxy groups -OCH3 is 1. The molecule has 0 saturated heterocycles. The summed E-state index contributed by atoms with van der Waals surface area (Å²) in [6.45, 7) is 1.93. The summed E-state index contributed by atoms with van der Waals surface area (Å²) in [5.74, 6) is -1.44. The van der Waals surface area contributed by atoms with Gasteiger partial charge < -0.3 is 10.1 Å². The van der Waals surface area contributed by atoms with Crippen LogP contribution in [0.25, 0.3) is 0 Å². The van der Waals surface area contributed by atoms with Crippen LogP contribution in [0.2, 0.25) is 0 Å². The van der Waals surface area contributed by atoms with Gasteiger partial charge in [-0.15, -0.1) is 0 Å². The minimum Gasteiger partial charge on any atom is -0.383 e. The van der Waals surface area contributed by atoms with Crippen molar-refractivity contribution < 1.29 is 19.1 Å². The molecule has 1 atom stereocenters. The van der Waals surface area contributed by atoms with Crippen molar-refractivity contribution in [3.63, 3.8) is 0 Å². The molecule has 0 radical (unpaired) electrons. The summed E-state index contributed by atoms with van der Waals surface area (Å²) in [5.41, 5.74) is 6.00. The molecule has 3 N–H and O–H groups in total. The first-order valence-corrected chi connectivity index (χ1v) is 8.10. The zero-order valence-electron chi connectivity index (χ0n) is 14.0. The summed E-state index contributed by atoms with van der Waals surface area (Å²) in [5, 5.41) is 3.11. The van der Waals surface area contributed by atoms with Crippen molar-refractivity contribution in [1.29, 1.82) is 0 Å². The standard InChI is InChI=1S/C16H20N4O4S/c1-10(9-24-2)17-16(25)19-18-13(21)8-20-14(22)7-11-5-3-4-6-12(11)15(20)23/h3-6,10H,7-9H2,1-2H3,(H,18,21)(H2,17,19,25)/t10-/m0/s1. The molecule has 0 aromatic heterocycles. The van der Waals surface area contributed by atoms with Crippen LogP contribution < -0.4 is 16.2 Å². The van der Waals surface area contributed by atoms with Crippen molar-refractivity contribution in [3.8, 4) is 0 Å². The van der Waals surface area contributed by atoms with Gasteiger partial charge in [-0.25, -0.2) is 0 Å². The Morgan fingerprint density at radius 1 is 1.32 bits per heavy atom. The van der Waals surface area contributed by atoms with Gasteiger partial charge in [-0.2, -0.15) is 0 Å². The number of ether oxygens (including phenoxy) is 1. The van der Waals surface area contributed by atoms with Gasteiger partial charge in [-0.05, 0) is 30.8 Å². The van der Waals surface area contributed by atoms with Gasteiger partial charge >= 0.3 is 0 Å². The normalized spacial score (nSPS) is 14.6. The number of thiocarbonyl (C=S) groups is 1. The van der Waals surface area contributed by atoms with Crippen molar-refractivity contribution in [3.05, 3.63) is 35.4 Å². The van der Waals surface area contributed by atoms with E-state index in [0.29, 0.717) is 17.7 Å². The molecule has 1 aliphatic rings. The topological polar surface area (TPSA) is 99.8 Å². The molecular formula is C16H20N4O4S. The van der Waals surface area contributed by atoms with E-state index in [-0.39, 0.29) is 24.1 Å². The van der Waals surface area contributed by atoms with Crippen LogP contribution in [-0.2, 0) is 20.7 Å². The van der Waals surface area contributed by atoms with E-state index in [1.807, 2.05) is 6.92 Å². The van der Waals surface area contributed by atoms with Crippen molar-refractivity contribution >= 4 is 35.1 Å². The van der Waals surface area contributed by atoms with Gasteiger partial charge in [-0.3, -0.25) is 30.1 Å². The molecule has 25 heavy (non-hydrogen) atoms. The number of benzene rings is 1. The van der Waals surface area contributed by atoms with Crippen LogP contribution in [-0.4, -0.2) is 54.0 Å².